The molecule has 4 nitrogen and oxygen atoms in total. The van der Waals surface area contributed by atoms with Crippen LogP contribution in [0.25, 0.3) is 0 Å². The summed E-state index contributed by atoms with van der Waals surface area (Å²) in [6.07, 6.45) is 4.12. The molecule has 3 rings (SSSR count). The third kappa shape index (κ3) is 4.08. The van der Waals surface area contributed by atoms with Gasteiger partial charge in [-0.3, -0.25) is 9.80 Å². The first-order valence-electron chi connectivity index (χ1n) is 8.00. The molecule has 3 saturated heterocycles. The summed E-state index contributed by atoms with van der Waals surface area (Å²) in [7, 11) is 0. The van der Waals surface area contributed by atoms with E-state index in [1.165, 1.54) is 52.0 Å². The Morgan fingerprint density at radius 2 is 2.05 bits per heavy atom. The summed E-state index contributed by atoms with van der Waals surface area (Å²) in [6, 6.07) is 0.788. The lowest BCUT2D eigenvalue weighted by molar-refractivity contribution is 0.0238. The molecule has 0 aromatic carbocycles. The predicted molar refractivity (Wildman–Crippen MR) is 84.7 cm³/mol. The van der Waals surface area contributed by atoms with Gasteiger partial charge in [-0.15, -0.1) is 12.4 Å². The Labute approximate surface area is 129 Å². The third-order valence-corrected chi connectivity index (χ3v) is 5.11. The summed E-state index contributed by atoms with van der Waals surface area (Å²) in [5.41, 5.74) is 0.508. The van der Waals surface area contributed by atoms with Crippen molar-refractivity contribution in [1.82, 2.24) is 15.1 Å². The van der Waals surface area contributed by atoms with Crippen molar-refractivity contribution in [2.24, 2.45) is 5.41 Å². The second-order valence-corrected chi connectivity index (χ2v) is 6.92. The fraction of sp³-hybridized carbons (Fsp3) is 1.00. The maximum absolute atomic E-state index is 5.45. The number of nitrogens with one attached hydrogen (secondary N) is 1. The van der Waals surface area contributed by atoms with Crippen molar-refractivity contribution < 1.29 is 4.74 Å². The zero-order valence-electron chi connectivity index (χ0n) is 12.8. The van der Waals surface area contributed by atoms with Gasteiger partial charge in [0, 0.05) is 38.8 Å². The number of halogens is 1. The normalized spacial score (nSPS) is 36.1. The van der Waals surface area contributed by atoms with E-state index in [1.54, 1.807) is 0 Å². The number of morpholine rings is 1. The molecule has 3 fully saturated rings. The molecule has 3 heterocycles. The first-order valence-corrected chi connectivity index (χ1v) is 8.00. The molecule has 1 N–H and O–H groups in total. The number of rotatable bonds is 4. The van der Waals surface area contributed by atoms with Crippen LogP contribution in [-0.2, 0) is 4.74 Å². The first kappa shape index (κ1) is 16.5. The summed E-state index contributed by atoms with van der Waals surface area (Å²) in [5.74, 6) is 0. The minimum atomic E-state index is 0. The fourth-order valence-electron chi connectivity index (χ4n) is 3.89. The summed E-state index contributed by atoms with van der Waals surface area (Å²) < 4.78 is 5.45. The highest BCUT2D eigenvalue weighted by molar-refractivity contribution is 5.85. The second kappa shape index (κ2) is 7.41. The monoisotopic (exact) mass is 303 g/mol. The van der Waals surface area contributed by atoms with E-state index in [0.717, 1.165) is 32.3 Å². The van der Waals surface area contributed by atoms with Crippen LogP contribution in [0.4, 0.5) is 0 Å². The van der Waals surface area contributed by atoms with Gasteiger partial charge in [-0.1, -0.05) is 6.92 Å². The topological polar surface area (TPSA) is 27.7 Å². The summed E-state index contributed by atoms with van der Waals surface area (Å²) >= 11 is 0. The molecular weight excluding hydrogens is 274 g/mol. The van der Waals surface area contributed by atoms with Gasteiger partial charge in [0.15, 0.2) is 0 Å². The SMILES string of the molecule is CC1(CN2CCCC2CN2CCOCC2)CCNC1.Cl. The van der Waals surface area contributed by atoms with Crippen LogP contribution in [0.2, 0.25) is 0 Å². The van der Waals surface area contributed by atoms with Gasteiger partial charge in [0.2, 0.25) is 0 Å². The van der Waals surface area contributed by atoms with Gasteiger partial charge in [0.05, 0.1) is 13.2 Å². The molecule has 0 aromatic rings. The molecule has 3 aliphatic rings. The van der Waals surface area contributed by atoms with Gasteiger partial charge in [-0.25, -0.2) is 0 Å². The van der Waals surface area contributed by atoms with E-state index in [4.69, 9.17) is 4.74 Å². The van der Waals surface area contributed by atoms with E-state index < -0.39 is 0 Å². The van der Waals surface area contributed by atoms with Crippen LogP contribution in [0.5, 0.6) is 0 Å². The Morgan fingerprint density at radius 1 is 1.25 bits per heavy atom. The lowest BCUT2D eigenvalue weighted by Crippen LogP contribution is -2.47. The largest absolute Gasteiger partial charge is 0.379 e. The Hall–Kier alpha value is 0.130. The molecule has 3 aliphatic heterocycles. The number of likely N-dealkylation sites (tertiary alicyclic amines) is 1. The summed E-state index contributed by atoms with van der Waals surface area (Å²) in [6.45, 7) is 12.8. The van der Waals surface area contributed by atoms with Gasteiger partial charge < -0.3 is 10.1 Å². The molecule has 5 heteroatoms. The predicted octanol–water partition coefficient (Wildman–Crippen LogP) is 1.20. The Kier molecular flexibility index (Phi) is 6.11. The van der Waals surface area contributed by atoms with Gasteiger partial charge >= 0.3 is 0 Å². The van der Waals surface area contributed by atoms with Gasteiger partial charge in [-0.05, 0) is 37.8 Å². The molecule has 2 unspecified atom stereocenters. The van der Waals surface area contributed by atoms with Crippen LogP contribution < -0.4 is 5.32 Å². The molecule has 20 heavy (non-hydrogen) atoms. The molecule has 0 radical (unpaired) electrons. The fourth-order valence-corrected chi connectivity index (χ4v) is 3.89. The highest BCUT2D eigenvalue weighted by atomic mass is 35.5. The summed E-state index contributed by atoms with van der Waals surface area (Å²) in [5, 5.41) is 3.53. The lowest BCUT2D eigenvalue weighted by Gasteiger charge is -2.36. The van der Waals surface area contributed by atoms with Crippen LogP contribution in [-0.4, -0.2) is 74.9 Å². The van der Waals surface area contributed by atoms with Crippen molar-refractivity contribution >= 4 is 12.4 Å². The molecule has 0 bridgehead atoms. The van der Waals surface area contributed by atoms with E-state index in [-0.39, 0.29) is 12.4 Å². The molecule has 0 spiro atoms. The molecule has 118 valence electrons. The van der Waals surface area contributed by atoms with Gasteiger partial charge in [0.1, 0.15) is 0 Å². The zero-order chi connectivity index (χ0) is 13.1. The molecule has 0 amide bonds. The smallest absolute Gasteiger partial charge is 0.0594 e. The van der Waals surface area contributed by atoms with Crippen LogP contribution in [0.15, 0.2) is 0 Å². The van der Waals surface area contributed by atoms with Gasteiger partial charge in [-0.2, -0.15) is 0 Å². The van der Waals surface area contributed by atoms with E-state index in [0.29, 0.717) is 5.41 Å². The minimum Gasteiger partial charge on any atom is -0.379 e. The number of hydrogen-bond donors (Lipinski definition) is 1. The standard InChI is InChI=1S/C15H29N3O.ClH/c1-15(4-5-16-12-15)13-18-6-2-3-14(18)11-17-7-9-19-10-8-17;/h14,16H,2-13H2,1H3;1H. The average molecular weight is 304 g/mol. The zero-order valence-corrected chi connectivity index (χ0v) is 13.6. The van der Waals surface area contributed by atoms with Crippen LogP contribution in [0.3, 0.4) is 0 Å². The van der Waals surface area contributed by atoms with Crippen LogP contribution in [0, 0.1) is 5.41 Å². The Bertz CT molecular complexity index is 291. The van der Waals surface area contributed by atoms with E-state index >= 15 is 0 Å². The number of ether oxygens (including phenoxy) is 1. The molecule has 0 aliphatic carbocycles. The van der Waals surface area contributed by atoms with Crippen molar-refractivity contribution in [3.05, 3.63) is 0 Å². The van der Waals surface area contributed by atoms with Crippen molar-refractivity contribution in [3.8, 4) is 0 Å². The second-order valence-electron chi connectivity index (χ2n) is 6.92. The van der Waals surface area contributed by atoms with Crippen molar-refractivity contribution in [3.63, 3.8) is 0 Å². The molecule has 2 atom stereocenters. The molecular formula is C15H30ClN3O. The number of nitrogens with zero attached hydrogens (tertiary/aromatic N) is 2. The highest BCUT2D eigenvalue weighted by Crippen LogP contribution is 2.29. The average Bonchev–Trinajstić information content (AvgIpc) is 3.02. The first-order chi connectivity index (χ1) is 9.25. The molecule has 0 saturated carbocycles. The van der Waals surface area contributed by atoms with Crippen LogP contribution >= 0.6 is 12.4 Å². The Balaban J connectivity index is 0.00000147. The van der Waals surface area contributed by atoms with E-state index in [1.807, 2.05) is 0 Å². The quantitative estimate of drug-likeness (QED) is 0.845. The highest BCUT2D eigenvalue weighted by Gasteiger charge is 2.35. The molecule has 0 aromatic heterocycles. The summed E-state index contributed by atoms with van der Waals surface area (Å²) in [4.78, 5) is 5.37. The number of hydrogen-bond acceptors (Lipinski definition) is 4. The van der Waals surface area contributed by atoms with E-state index in [9.17, 15) is 0 Å². The van der Waals surface area contributed by atoms with Crippen molar-refractivity contribution in [1.29, 1.82) is 0 Å². The third-order valence-electron chi connectivity index (χ3n) is 5.11. The Morgan fingerprint density at radius 3 is 2.75 bits per heavy atom. The maximum atomic E-state index is 5.45. The van der Waals surface area contributed by atoms with Crippen LogP contribution in [0.1, 0.15) is 26.2 Å². The minimum absolute atomic E-state index is 0. The van der Waals surface area contributed by atoms with Gasteiger partial charge in [0.25, 0.3) is 0 Å². The lowest BCUT2D eigenvalue weighted by atomic mass is 9.89. The maximum Gasteiger partial charge on any atom is 0.0594 e. The van der Waals surface area contributed by atoms with E-state index in [2.05, 4.69) is 22.0 Å². The van der Waals surface area contributed by atoms with Crippen molar-refractivity contribution in [2.75, 3.05) is 59.0 Å². The van der Waals surface area contributed by atoms with Crippen molar-refractivity contribution in [2.45, 2.75) is 32.2 Å².